The first-order valence-electron chi connectivity index (χ1n) is 6.86. The number of aromatic nitrogens is 2. The van der Waals surface area contributed by atoms with E-state index in [0.29, 0.717) is 6.42 Å². The highest BCUT2D eigenvalue weighted by atomic mass is 16.4. The number of carbonyl (C=O) groups excluding carboxylic acids is 1. The molecule has 0 saturated carbocycles. The number of rotatable bonds is 9. The van der Waals surface area contributed by atoms with Crippen LogP contribution in [0.3, 0.4) is 0 Å². The number of aliphatic carboxylic acids is 1. The van der Waals surface area contributed by atoms with Crippen molar-refractivity contribution in [3.8, 4) is 0 Å². The topological polar surface area (TPSA) is 83.0 Å². The fourth-order valence-corrected chi connectivity index (χ4v) is 2.20. The van der Waals surface area contributed by atoms with E-state index in [-0.39, 0.29) is 11.7 Å². The molecule has 0 bridgehead atoms. The van der Waals surface area contributed by atoms with Crippen LogP contribution < -0.4 is 0 Å². The Morgan fingerprint density at radius 2 is 2.16 bits per heavy atom. The Hall–Kier alpha value is -1.65. The highest BCUT2D eigenvalue weighted by molar-refractivity contribution is 6.06. The zero-order chi connectivity index (χ0) is 14.3. The first-order chi connectivity index (χ1) is 9.10. The summed E-state index contributed by atoms with van der Waals surface area (Å²) in [6.07, 6.45) is 7.41. The fourth-order valence-electron chi connectivity index (χ4n) is 2.20. The van der Waals surface area contributed by atoms with Gasteiger partial charge in [0.15, 0.2) is 5.82 Å². The van der Waals surface area contributed by atoms with Crippen molar-refractivity contribution in [2.24, 2.45) is 11.8 Å². The third-order valence-corrected chi connectivity index (χ3v) is 3.46. The van der Waals surface area contributed by atoms with Gasteiger partial charge in [-0.25, -0.2) is 4.98 Å². The van der Waals surface area contributed by atoms with Crippen LogP contribution in [0.2, 0.25) is 0 Å². The van der Waals surface area contributed by atoms with Crippen LogP contribution in [0.15, 0.2) is 12.4 Å². The van der Waals surface area contributed by atoms with Crippen molar-refractivity contribution in [2.75, 3.05) is 0 Å². The Balaban J connectivity index is 2.72. The van der Waals surface area contributed by atoms with Gasteiger partial charge in [-0.05, 0) is 12.3 Å². The summed E-state index contributed by atoms with van der Waals surface area (Å²) in [6, 6.07) is 0. The van der Waals surface area contributed by atoms with Crippen LogP contribution in [0, 0.1) is 11.8 Å². The lowest BCUT2D eigenvalue weighted by atomic mass is 9.86. The number of hydrogen-bond acceptors (Lipinski definition) is 3. The van der Waals surface area contributed by atoms with E-state index < -0.39 is 17.7 Å². The average Bonchev–Trinajstić information content (AvgIpc) is 2.92. The minimum absolute atomic E-state index is 0.137. The van der Waals surface area contributed by atoms with E-state index in [2.05, 4.69) is 16.9 Å². The maximum absolute atomic E-state index is 12.1. The molecule has 0 amide bonds. The molecule has 0 fully saturated rings. The minimum atomic E-state index is -1.06. The second-order valence-electron chi connectivity index (χ2n) is 4.85. The Morgan fingerprint density at radius 3 is 2.63 bits per heavy atom. The van der Waals surface area contributed by atoms with Gasteiger partial charge in [-0.2, -0.15) is 0 Å². The SMILES string of the molecule is CCCCC(CC)CC(C(=O)O)C(=O)c1ncc[nH]1. The summed E-state index contributed by atoms with van der Waals surface area (Å²) >= 11 is 0. The van der Waals surface area contributed by atoms with E-state index in [9.17, 15) is 14.7 Å². The van der Waals surface area contributed by atoms with Gasteiger partial charge in [-0.15, -0.1) is 0 Å². The molecule has 0 aliphatic heterocycles. The lowest BCUT2D eigenvalue weighted by Gasteiger charge is -2.18. The number of carboxylic acid groups (broad SMARTS) is 1. The molecular weight excluding hydrogens is 244 g/mol. The fraction of sp³-hybridized carbons (Fsp3) is 0.643. The highest BCUT2D eigenvalue weighted by Crippen LogP contribution is 2.23. The number of hydrogen-bond donors (Lipinski definition) is 2. The minimum Gasteiger partial charge on any atom is -0.481 e. The second kappa shape index (κ2) is 7.71. The first-order valence-corrected chi connectivity index (χ1v) is 6.86. The van der Waals surface area contributed by atoms with Crippen molar-refractivity contribution >= 4 is 11.8 Å². The van der Waals surface area contributed by atoms with Gasteiger partial charge in [0.2, 0.25) is 5.78 Å². The van der Waals surface area contributed by atoms with E-state index in [0.717, 1.165) is 25.7 Å². The molecule has 5 heteroatoms. The smallest absolute Gasteiger partial charge is 0.314 e. The summed E-state index contributed by atoms with van der Waals surface area (Å²) in [4.78, 5) is 29.9. The molecule has 0 aromatic carbocycles. The molecule has 1 rings (SSSR count). The Kier molecular flexibility index (Phi) is 6.25. The number of carbonyl (C=O) groups is 2. The lowest BCUT2D eigenvalue weighted by molar-refractivity contribution is -0.140. The molecular formula is C14H22N2O3. The van der Waals surface area contributed by atoms with E-state index in [1.165, 1.54) is 12.4 Å². The van der Waals surface area contributed by atoms with Gasteiger partial charge in [-0.1, -0.05) is 39.5 Å². The van der Waals surface area contributed by atoms with E-state index in [4.69, 9.17) is 0 Å². The molecule has 0 spiro atoms. The third-order valence-electron chi connectivity index (χ3n) is 3.46. The molecule has 0 saturated heterocycles. The van der Waals surface area contributed by atoms with Crippen LogP contribution in [0.5, 0.6) is 0 Å². The van der Waals surface area contributed by atoms with Gasteiger partial charge in [0.05, 0.1) is 0 Å². The number of H-pyrrole nitrogens is 1. The predicted molar refractivity (Wildman–Crippen MR) is 72.0 cm³/mol. The molecule has 106 valence electrons. The van der Waals surface area contributed by atoms with Gasteiger partial charge in [-0.3, -0.25) is 9.59 Å². The average molecular weight is 266 g/mol. The number of carboxylic acids is 1. The van der Waals surface area contributed by atoms with Crippen LogP contribution in [0.1, 0.15) is 56.6 Å². The molecule has 0 aliphatic rings. The van der Waals surface area contributed by atoms with Crippen molar-refractivity contribution in [3.63, 3.8) is 0 Å². The number of imidazole rings is 1. The van der Waals surface area contributed by atoms with Crippen LogP contribution in [0.25, 0.3) is 0 Å². The summed E-state index contributed by atoms with van der Waals surface area (Å²) in [5.41, 5.74) is 0. The number of Topliss-reactive ketones (excluding diaryl/α,β-unsaturated/α-hetero) is 1. The summed E-state index contributed by atoms with van der Waals surface area (Å²) < 4.78 is 0. The first kappa shape index (κ1) is 15.4. The predicted octanol–water partition coefficient (Wildman–Crippen LogP) is 2.90. The van der Waals surface area contributed by atoms with Crippen molar-refractivity contribution in [1.29, 1.82) is 0 Å². The van der Waals surface area contributed by atoms with Gasteiger partial charge in [0.1, 0.15) is 5.92 Å². The monoisotopic (exact) mass is 266 g/mol. The number of ketones is 1. The van der Waals surface area contributed by atoms with Crippen molar-refractivity contribution < 1.29 is 14.7 Å². The van der Waals surface area contributed by atoms with Gasteiger partial charge >= 0.3 is 5.97 Å². The summed E-state index contributed by atoms with van der Waals surface area (Å²) in [5, 5.41) is 9.25. The molecule has 0 aliphatic carbocycles. The van der Waals surface area contributed by atoms with Gasteiger partial charge < -0.3 is 10.1 Å². The van der Waals surface area contributed by atoms with Crippen molar-refractivity contribution in [2.45, 2.75) is 46.0 Å². The number of aromatic amines is 1. The molecule has 19 heavy (non-hydrogen) atoms. The molecule has 2 atom stereocenters. The van der Waals surface area contributed by atoms with E-state index in [1.807, 2.05) is 6.92 Å². The Morgan fingerprint density at radius 1 is 1.42 bits per heavy atom. The summed E-state index contributed by atoms with van der Waals surface area (Å²) in [7, 11) is 0. The quantitative estimate of drug-likeness (QED) is 0.531. The zero-order valence-corrected chi connectivity index (χ0v) is 11.6. The normalized spacial score (nSPS) is 14.0. The standard InChI is InChI=1S/C14H22N2O3/c1-3-5-6-10(4-2)9-11(14(18)19)12(17)13-15-7-8-16-13/h7-8,10-11H,3-6,9H2,1-2H3,(H,15,16)(H,18,19). The molecule has 0 radical (unpaired) electrons. The zero-order valence-electron chi connectivity index (χ0n) is 11.6. The Bertz CT molecular complexity index is 401. The van der Waals surface area contributed by atoms with Crippen LogP contribution >= 0.6 is 0 Å². The van der Waals surface area contributed by atoms with E-state index >= 15 is 0 Å². The van der Waals surface area contributed by atoms with Crippen LogP contribution in [-0.4, -0.2) is 26.8 Å². The van der Waals surface area contributed by atoms with E-state index in [1.54, 1.807) is 0 Å². The maximum Gasteiger partial charge on any atom is 0.314 e. The molecule has 2 N–H and O–H groups in total. The number of nitrogens with zero attached hydrogens (tertiary/aromatic N) is 1. The number of nitrogens with one attached hydrogen (secondary N) is 1. The number of unbranched alkanes of at least 4 members (excludes halogenated alkanes) is 1. The van der Waals surface area contributed by atoms with Crippen LogP contribution in [-0.2, 0) is 4.79 Å². The second-order valence-corrected chi connectivity index (χ2v) is 4.85. The molecule has 1 aromatic rings. The molecule has 5 nitrogen and oxygen atoms in total. The van der Waals surface area contributed by atoms with Crippen molar-refractivity contribution in [3.05, 3.63) is 18.2 Å². The lowest BCUT2D eigenvalue weighted by Crippen LogP contribution is -2.27. The Labute approximate surface area is 113 Å². The van der Waals surface area contributed by atoms with Crippen LogP contribution in [0.4, 0.5) is 0 Å². The maximum atomic E-state index is 12.1. The van der Waals surface area contributed by atoms with Crippen molar-refractivity contribution in [1.82, 2.24) is 9.97 Å². The third kappa shape index (κ3) is 4.50. The largest absolute Gasteiger partial charge is 0.481 e. The summed E-state index contributed by atoms with van der Waals surface area (Å²) in [6.45, 7) is 4.14. The molecule has 2 unspecified atom stereocenters. The van der Waals surface area contributed by atoms with Gasteiger partial charge in [0.25, 0.3) is 0 Å². The highest BCUT2D eigenvalue weighted by Gasteiger charge is 2.30. The van der Waals surface area contributed by atoms with Gasteiger partial charge in [0, 0.05) is 12.4 Å². The summed E-state index contributed by atoms with van der Waals surface area (Å²) in [5.74, 6) is -2.06. The molecule has 1 aromatic heterocycles. The molecule has 1 heterocycles.